The number of rotatable bonds is 9. The lowest BCUT2D eigenvalue weighted by Gasteiger charge is -1.99. The molecule has 14 heavy (non-hydrogen) atoms. The van der Waals surface area contributed by atoms with Crippen molar-refractivity contribution in [1.82, 2.24) is 0 Å². The lowest BCUT2D eigenvalue weighted by molar-refractivity contribution is -0.132. The van der Waals surface area contributed by atoms with Crippen molar-refractivity contribution in [3.05, 3.63) is 12.7 Å². The highest BCUT2D eigenvalue weighted by Crippen LogP contribution is 2.09. The molecule has 0 aromatic heterocycles. The fourth-order valence-corrected chi connectivity index (χ4v) is 1.40. The molecule has 0 amide bonds. The van der Waals surface area contributed by atoms with Crippen molar-refractivity contribution in [2.24, 2.45) is 0 Å². The first-order chi connectivity index (χ1) is 6.81. The molecule has 0 heterocycles. The molecule has 0 saturated heterocycles. The molecule has 2 nitrogen and oxygen atoms in total. The molecule has 0 aromatic rings. The van der Waals surface area contributed by atoms with Crippen LogP contribution in [0.1, 0.15) is 51.4 Å². The van der Waals surface area contributed by atoms with Gasteiger partial charge in [0.05, 0.1) is 0 Å². The van der Waals surface area contributed by atoms with Gasteiger partial charge in [0.15, 0.2) is 0 Å². The van der Waals surface area contributed by atoms with E-state index in [4.69, 9.17) is 0 Å². The zero-order chi connectivity index (χ0) is 10.6. The van der Waals surface area contributed by atoms with Crippen molar-refractivity contribution in [3.8, 4) is 0 Å². The van der Waals surface area contributed by atoms with E-state index < -0.39 is 0 Å². The van der Waals surface area contributed by atoms with Gasteiger partial charge in [0.1, 0.15) is 0 Å². The van der Waals surface area contributed by atoms with Gasteiger partial charge in [0.25, 0.3) is 0 Å². The molecule has 0 fully saturated rings. The Morgan fingerprint density at radius 2 is 1.71 bits per heavy atom. The van der Waals surface area contributed by atoms with Crippen molar-refractivity contribution in [3.63, 3.8) is 0 Å². The van der Waals surface area contributed by atoms with E-state index in [0.717, 1.165) is 19.3 Å². The first-order valence-corrected chi connectivity index (χ1v) is 5.63. The molecular formula is C11H20O2S. The topological polar surface area (TPSA) is 26.3 Å². The first-order valence-electron chi connectivity index (χ1n) is 5.26. The summed E-state index contributed by atoms with van der Waals surface area (Å²) in [5.41, 5.74) is 0. The number of thiol groups is 1. The van der Waals surface area contributed by atoms with Crippen molar-refractivity contribution >= 4 is 18.9 Å². The van der Waals surface area contributed by atoms with E-state index in [9.17, 15) is 4.79 Å². The van der Waals surface area contributed by atoms with Crippen LogP contribution in [0.15, 0.2) is 12.7 Å². The third-order valence-corrected chi connectivity index (χ3v) is 2.34. The van der Waals surface area contributed by atoms with Gasteiger partial charge in [-0.3, -0.25) is 4.79 Å². The lowest BCUT2D eigenvalue weighted by atomic mass is 10.1. The Balaban J connectivity index is 2.98. The fourth-order valence-electron chi connectivity index (χ4n) is 1.31. The minimum atomic E-state index is -0.222. The number of hydrogen-bond acceptors (Lipinski definition) is 3. The van der Waals surface area contributed by atoms with Crippen LogP contribution >= 0.6 is 12.9 Å². The van der Waals surface area contributed by atoms with Crippen molar-refractivity contribution in [2.45, 2.75) is 51.4 Å². The van der Waals surface area contributed by atoms with Crippen LogP contribution in [0.4, 0.5) is 0 Å². The van der Waals surface area contributed by atoms with E-state index in [1.54, 1.807) is 0 Å². The van der Waals surface area contributed by atoms with Gasteiger partial charge < -0.3 is 4.18 Å². The van der Waals surface area contributed by atoms with Crippen molar-refractivity contribution in [1.29, 1.82) is 0 Å². The summed E-state index contributed by atoms with van der Waals surface area (Å²) in [6.07, 6.45) is 10.6. The largest absolute Gasteiger partial charge is 0.395 e. The van der Waals surface area contributed by atoms with Crippen molar-refractivity contribution in [2.75, 3.05) is 0 Å². The van der Waals surface area contributed by atoms with Crippen LogP contribution in [0.5, 0.6) is 0 Å². The van der Waals surface area contributed by atoms with Crippen LogP contribution in [-0.4, -0.2) is 5.97 Å². The zero-order valence-electron chi connectivity index (χ0n) is 8.71. The van der Waals surface area contributed by atoms with E-state index in [0.29, 0.717) is 6.42 Å². The molecule has 0 aliphatic carbocycles. The molecule has 0 rings (SSSR count). The number of hydrogen-bond donors (Lipinski definition) is 1. The number of carbonyl (C=O) groups excluding carboxylic acids is 1. The summed E-state index contributed by atoms with van der Waals surface area (Å²) < 4.78 is 4.25. The van der Waals surface area contributed by atoms with Gasteiger partial charge in [-0.05, 0) is 19.3 Å². The molecule has 0 spiro atoms. The Hall–Kier alpha value is -0.440. The molecular weight excluding hydrogens is 196 g/mol. The molecule has 0 atom stereocenters. The molecule has 0 aliphatic heterocycles. The van der Waals surface area contributed by atoms with Crippen LogP contribution in [0, 0.1) is 0 Å². The lowest BCUT2D eigenvalue weighted by Crippen LogP contribution is -1.95. The van der Waals surface area contributed by atoms with Crippen molar-refractivity contribution < 1.29 is 8.98 Å². The summed E-state index contributed by atoms with van der Waals surface area (Å²) in [4.78, 5) is 10.7. The standard InChI is InChI=1S/C11H20O2S/c1-2-3-4-5-6-7-8-9-10-11(12)13-14/h2,14H,1,3-10H2. The second-order valence-electron chi connectivity index (χ2n) is 3.41. The minimum Gasteiger partial charge on any atom is -0.395 e. The number of carbonyl (C=O) groups is 1. The smallest absolute Gasteiger partial charge is 0.317 e. The van der Waals surface area contributed by atoms with Gasteiger partial charge in [-0.2, -0.15) is 0 Å². The van der Waals surface area contributed by atoms with E-state index in [1.165, 1.54) is 25.7 Å². The highest BCUT2D eigenvalue weighted by Gasteiger charge is 1.99. The quantitative estimate of drug-likeness (QED) is 0.275. The third-order valence-electron chi connectivity index (χ3n) is 2.14. The van der Waals surface area contributed by atoms with E-state index in [2.05, 4.69) is 23.7 Å². The maximum atomic E-state index is 10.7. The average Bonchev–Trinajstić information content (AvgIpc) is 2.21. The summed E-state index contributed by atoms with van der Waals surface area (Å²) in [5.74, 6) is -0.222. The van der Waals surface area contributed by atoms with E-state index in [1.807, 2.05) is 6.08 Å². The molecule has 82 valence electrons. The maximum absolute atomic E-state index is 10.7. The molecule has 0 saturated carbocycles. The summed E-state index contributed by atoms with van der Waals surface area (Å²) in [6, 6.07) is 0. The zero-order valence-corrected chi connectivity index (χ0v) is 9.60. The minimum absolute atomic E-state index is 0.222. The highest BCUT2D eigenvalue weighted by molar-refractivity contribution is 7.75. The van der Waals surface area contributed by atoms with Crippen LogP contribution < -0.4 is 0 Å². The number of allylic oxidation sites excluding steroid dienone is 1. The molecule has 3 heteroatoms. The van der Waals surface area contributed by atoms with E-state index >= 15 is 0 Å². The first kappa shape index (κ1) is 13.6. The fraction of sp³-hybridized carbons (Fsp3) is 0.727. The van der Waals surface area contributed by atoms with Gasteiger partial charge in [-0.1, -0.05) is 31.8 Å². The highest BCUT2D eigenvalue weighted by atomic mass is 32.1. The van der Waals surface area contributed by atoms with Gasteiger partial charge in [0, 0.05) is 19.3 Å². The summed E-state index contributed by atoms with van der Waals surface area (Å²) >= 11 is 3.44. The molecule has 0 bridgehead atoms. The van der Waals surface area contributed by atoms with Crippen LogP contribution in [0.3, 0.4) is 0 Å². The Morgan fingerprint density at radius 1 is 1.14 bits per heavy atom. The molecule has 0 radical (unpaired) electrons. The predicted octanol–water partition coefficient (Wildman–Crippen LogP) is 3.68. The third kappa shape index (κ3) is 9.65. The Kier molecular flexibility index (Phi) is 10.3. The molecule has 0 unspecified atom stereocenters. The summed E-state index contributed by atoms with van der Waals surface area (Å²) in [6.45, 7) is 3.68. The average molecular weight is 216 g/mol. The molecule has 0 aliphatic rings. The Bertz CT molecular complexity index is 157. The second kappa shape index (κ2) is 10.6. The predicted molar refractivity (Wildman–Crippen MR) is 62.2 cm³/mol. The van der Waals surface area contributed by atoms with Crippen LogP contribution in [0.25, 0.3) is 0 Å². The van der Waals surface area contributed by atoms with Gasteiger partial charge in [-0.25, -0.2) is 0 Å². The Labute approximate surface area is 92.3 Å². The van der Waals surface area contributed by atoms with Crippen LogP contribution in [-0.2, 0) is 8.98 Å². The van der Waals surface area contributed by atoms with Gasteiger partial charge in [-0.15, -0.1) is 6.58 Å². The summed E-state index contributed by atoms with van der Waals surface area (Å²) in [5, 5.41) is 0. The van der Waals surface area contributed by atoms with E-state index in [-0.39, 0.29) is 5.97 Å². The SMILES string of the molecule is C=CCCCCCCCCC(=O)OS. The normalized spacial score (nSPS) is 9.79. The van der Waals surface area contributed by atoms with Gasteiger partial charge >= 0.3 is 5.97 Å². The maximum Gasteiger partial charge on any atom is 0.317 e. The molecule has 0 aromatic carbocycles. The summed E-state index contributed by atoms with van der Waals surface area (Å²) in [7, 11) is 0. The monoisotopic (exact) mass is 216 g/mol. The Morgan fingerprint density at radius 3 is 2.29 bits per heavy atom. The van der Waals surface area contributed by atoms with Gasteiger partial charge in [0.2, 0.25) is 0 Å². The molecule has 0 N–H and O–H groups in total. The second-order valence-corrected chi connectivity index (χ2v) is 3.59. The van der Waals surface area contributed by atoms with Crippen LogP contribution in [0.2, 0.25) is 0 Å². The number of unbranched alkanes of at least 4 members (excludes halogenated alkanes) is 6.